The highest BCUT2D eigenvalue weighted by Crippen LogP contribution is 2.35. The van der Waals surface area contributed by atoms with E-state index in [1.165, 1.54) is 6.42 Å². The number of rotatable bonds is 2. The number of piperidine rings is 2. The van der Waals surface area contributed by atoms with E-state index in [1.807, 2.05) is 16.1 Å². The average Bonchev–Trinajstić information content (AvgIpc) is 2.53. The molecule has 2 rings (SSSR count). The van der Waals surface area contributed by atoms with Crippen LogP contribution in [0, 0.1) is 5.92 Å². The van der Waals surface area contributed by atoms with Crippen molar-refractivity contribution in [3.63, 3.8) is 0 Å². The minimum absolute atomic E-state index is 0.149. The first-order chi connectivity index (χ1) is 10.0. The molecule has 1 unspecified atom stereocenters. The smallest absolute Gasteiger partial charge is 0.320 e. The molecule has 0 aromatic rings. The molecule has 3 N–H and O–H groups in total. The van der Waals surface area contributed by atoms with Crippen LogP contribution in [0.1, 0.15) is 32.6 Å². The number of nitrogens with two attached hydrogens (primary N) is 1. The number of urea groups is 1. The fourth-order valence-electron chi connectivity index (χ4n) is 3.28. The predicted octanol–water partition coefficient (Wildman–Crippen LogP) is 1.78. The Hall–Kier alpha value is -1.11. The zero-order chi connectivity index (χ0) is 15.5. The number of nitrogens with zero attached hydrogens (tertiary/aromatic N) is 3. The second kappa shape index (κ2) is 6.77. The lowest BCUT2D eigenvalue weighted by Crippen LogP contribution is -2.55. The summed E-state index contributed by atoms with van der Waals surface area (Å²) in [5, 5.41) is 12.1. The number of hydrogen-bond donors (Lipinski definition) is 2. The number of thioether (sulfide) groups is 1. The number of hydrogen-bond acceptors (Lipinski definition) is 4. The number of carbonyl (C=O) groups excluding carboxylic acids is 1. The molecular weight excluding hydrogens is 288 g/mol. The monoisotopic (exact) mass is 314 g/mol. The van der Waals surface area contributed by atoms with Gasteiger partial charge in [-0.1, -0.05) is 12.1 Å². The molecule has 21 heavy (non-hydrogen) atoms. The molecule has 2 heterocycles. The number of likely N-dealkylation sites (tertiary alicyclic amines) is 2. The summed E-state index contributed by atoms with van der Waals surface area (Å²) < 4.78 is -0.333. The summed E-state index contributed by atoms with van der Waals surface area (Å²) in [6.07, 6.45) is 5.75. The van der Waals surface area contributed by atoms with E-state index in [-0.39, 0.29) is 16.6 Å². The summed E-state index contributed by atoms with van der Waals surface area (Å²) in [6, 6.07) is 0.149. The lowest BCUT2D eigenvalue weighted by molar-refractivity contribution is 0.122. The van der Waals surface area contributed by atoms with Crippen molar-refractivity contribution in [2.24, 2.45) is 16.8 Å². The van der Waals surface area contributed by atoms with Crippen LogP contribution < -0.4 is 5.73 Å². The Balaban J connectivity index is 1.95. The number of amides is 2. The largest absolute Gasteiger partial charge is 0.409 e. The van der Waals surface area contributed by atoms with Gasteiger partial charge in [0.15, 0.2) is 5.84 Å². The van der Waals surface area contributed by atoms with Gasteiger partial charge in [0.2, 0.25) is 0 Å². The van der Waals surface area contributed by atoms with Crippen molar-refractivity contribution in [2.75, 3.05) is 32.4 Å². The molecule has 0 aromatic carbocycles. The van der Waals surface area contributed by atoms with Crippen LogP contribution in [0.4, 0.5) is 4.79 Å². The van der Waals surface area contributed by atoms with Crippen LogP contribution in [0.5, 0.6) is 0 Å². The van der Waals surface area contributed by atoms with E-state index in [4.69, 9.17) is 10.9 Å². The molecule has 1 atom stereocenters. The molecule has 2 aliphatic heterocycles. The molecule has 2 aliphatic rings. The van der Waals surface area contributed by atoms with Crippen LogP contribution in [-0.4, -0.2) is 64.1 Å². The van der Waals surface area contributed by atoms with Gasteiger partial charge in [0, 0.05) is 26.2 Å². The maximum Gasteiger partial charge on any atom is 0.320 e. The van der Waals surface area contributed by atoms with Crippen molar-refractivity contribution in [3.8, 4) is 0 Å². The molecule has 120 valence electrons. The number of amidine groups is 1. The quantitative estimate of drug-likeness (QED) is 0.352. The normalized spacial score (nSPS) is 26.8. The maximum atomic E-state index is 12.6. The highest BCUT2D eigenvalue weighted by molar-refractivity contribution is 8.00. The Bertz CT molecular complexity index is 408. The lowest BCUT2D eigenvalue weighted by Gasteiger charge is -2.42. The lowest BCUT2D eigenvalue weighted by atomic mass is 9.94. The minimum Gasteiger partial charge on any atom is -0.409 e. The number of carbonyl (C=O) groups is 1. The summed E-state index contributed by atoms with van der Waals surface area (Å²) in [5.41, 5.74) is 5.84. The van der Waals surface area contributed by atoms with Gasteiger partial charge in [0.05, 0.1) is 4.75 Å². The van der Waals surface area contributed by atoms with E-state index < -0.39 is 0 Å². The molecule has 6 nitrogen and oxygen atoms in total. The van der Waals surface area contributed by atoms with Crippen molar-refractivity contribution in [1.29, 1.82) is 0 Å². The summed E-state index contributed by atoms with van der Waals surface area (Å²) in [6.45, 7) is 5.27. The second-order valence-electron chi connectivity index (χ2n) is 6.15. The van der Waals surface area contributed by atoms with Gasteiger partial charge in [-0.25, -0.2) is 4.79 Å². The molecule has 2 fully saturated rings. The third-order valence-electron chi connectivity index (χ3n) is 4.73. The van der Waals surface area contributed by atoms with Gasteiger partial charge in [-0.15, -0.1) is 0 Å². The fraction of sp³-hybridized carbons (Fsp3) is 0.857. The molecular formula is C14H26N4O2S. The molecule has 0 aliphatic carbocycles. The van der Waals surface area contributed by atoms with Crippen LogP contribution in [0.15, 0.2) is 5.16 Å². The van der Waals surface area contributed by atoms with Gasteiger partial charge < -0.3 is 20.7 Å². The van der Waals surface area contributed by atoms with Gasteiger partial charge in [0.1, 0.15) is 0 Å². The first-order valence-corrected chi connectivity index (χ1v) is 8.82. The van der Waals surface area contributed by atoms with E-state index in [9.17, 15) is 4.79 Å². The second-order valence-corrected chi connectivity index (χ2v) is 7.34. The molecule has 0 spiro atoms. The predicted molar refractivity (Wildman–Crippen MR) is 85.8 cm³/mol. The van der Waals surface area contributed by atoms with Gasteiger partial charge >= 0.3 is 6.03 Å². The first kappa shape index (κ1) is 16.3. The Morgan fingerprint density at radius 1 is 1.33 bits per heavy atom. The average molecular weight is 314 g/mol. The highest BCUT2D eigenvalue weighted by Gasteiger charge is 2.40. The third kappa shape index (κ3) is 3.39. The zero-order valence-electron chi connectivity index (χ0n) is 12.9. The highest BCUT2D eigenvalue weighted by atomic mass is 32.2. The standard InChI is InChI=1S/C14H26N4O2S/c1-11-4-3-7-18(10-11)13(19)17-8-5-14(21-2,6-9-17)12(15)16-20/h11,20H,3-10H2,1-2H3,(H2,15,16). The molecule has 0 bridgehead atoms. The van der Waals surface area contributed by atoms with Crippen LogP contribution in [0.25, 0.3) is 0 Å². The fourth-order valence-corrected chi connectivity index (χ4v) is 4.12. The first-order valence-electron chi connectivity index (χ1n) is 7.59. The molecule has 0 aromatic heterocycles. The van der Waals surface area contributed by atoms with Gasteiger partial charge in [-0.3, -0.25) is 0 Å². The van der Waals surface area contributed by atoms with Gasteiger partial charge in [-0.2, -0.15) is 11.8 Å². The van der Waals surface area contributed by atoms with Gasteiger partial charge in [-0.05, 0) is 37.9 Å². The summed E-state index contributed by atoms with van der Waals surface area (Å²) in [4.78, 5) is 16.5. The Morgan fingerprint density at radius 3 is 2.52 bits per heavy atom. The minimum atomic E-state index is -0.333. The Morgan fingerprint density at radius 2 is 2.00 bits per heavy atom. The molecule has 2 saturated heterocycles. The van der Waals surface area contributed by atoms with Crippen LogP contribution in [0.2, 0.25) is 0 Å². The maximum absolute atomic E-state index is 12.6. The van der Waals surface area contributed by atoms with E-state index in [0.29, 0.717) is 19.0 Å². The Labute approximate surface area is 130 Å². The van der Waals surface area contributed by atoms with Crippen LogP contribution >= 0.6 is 11.8 Å². The summed E-state index contributed by atoms with van der Waals surface area (Å²) in [5.74, 6) is 0.864. The van der Waals surface area contributed by atoms with Crippen molar-refractivity contribution in [1.82, 2.24) is 9.80 Å². The Kier molecular flexibility index (Phi) is 5.24. The van der Waals surface area contributed by atoms with E-state index in [0.717, 1.165) is 32.4 Å². The van der Waals surface area contributed by atoms with E-state index in [2.05, 4.69) is 12.1 Å². The number of oxime groups is 1. The molecule has 7 heteroatoms. The SMILES string of the molecule is CSC1(C(N)=NO)CCN(C(=O)N2CCCC(C)C2)CC1. The van der Waals surface area contributed by atoms with Crippen molar-refractivity contribution in [3.05, 3.63) is 0 Å². The van der Waals surface area contributed by atoms with Crippen LogP contribution in [0.3, 0.4) is 0 Å². The third-order valence-corrected chi connectivity index (χ3v) is 6.13. The zero-order valence-corrected chi connectivity index (χ0v) is 13.7. The van der Waals surface area contributed by atoms with Gasteiger partial charge in [0.25, 0.3) is 0 Å². The molecule has 0 saturated carbocycles. The van der Waals surface area contributed by atoms with Crippen molar-refractivity contribution in [2.45, 2.75) is 37.4 Å². The summed E-state index contributed by atoms with van der Waals surface area (Å²) >= 11 is 1.61. The topological polar surface area (TPSA) is 82.2 Å². The summed E-state index contributed by atoms with van der Waals surface area (Å²) in [7, 11) is 0. The molecule has 0 radical (unpaired) electrons. The van der Waals surface area contributed by atoms with Crippen LogP contribution in [-0.2, 0) is 0 Å². The van der Waals surface area contributed by atoms with Crippen molar-refractivity contribution < 1.29 is 10.0 Å². The van der Waals surface area contributed by atoms with Crippen molar-refractivity contribution >= 4 is 23.6 Å². The molecule has 2 amide bonds. The van der Waals surface area contributed by atoms with E-state index in [1.54, 1.807) is 11.8 Å². The van der Waals surface area contributed by atoms with E-state index >= 15 is 0 Å².